The van der Waals surface area contributed by atoms with Crippen LogP contribution in [0.1, 0.15) is 22.3 Å². The molecular weight excluding hydrogens is 400 g/mol. The van der Waals surface area contributed by atoms with Crippen LogP contribution in [-0.2, 0) is 17.6 Å². The molecule has 2 heterocycles. The summed E-state index contributed by atoms with van der Waals surface area (Å²) in [5.41, 5.74) is 5.32. The van der Waals surface area contributed by atoms with E-state index >= 15 is 0 Å². The standard InChI is InChI=1S/C24H28O7/c1-13-6-7-15(10-14(13)2)8-9-16-12-29-17-4-3-5-18(20(16)17)30-24-23(28)22(27)21(26)19(11-25)31-24/h3-7,10,12,19,21-28H,8-9,11H2,1-2H3/t19-,21-,22+,23-,24-/m1/s1. The fourth-order valence-electron chi connectivity index (χ4n) is 3.93. The number of hydrogen-bond donors (Lipinski definition) is 4. The van der Waals surface area contributed by atoms with Gasteiger partial charge in [0.2, 0.25) is 6.29 Å². The first-order valence-corrected chi connectivity index (χ1v) is 10.4. The van der Waals surface area contributed by atoms with E-state index in [1.807, 2.05) is 6.07 Å². The van der Waals surface area contributed by atoms with Crippen LogP contribution in [0, 0.1) is 13.8 Å². The average Bonchev–Trinajstić information content (AvgIpc) is 3.19. The number of aliphatic hydroxyl groups excluding tert-OH is 4. The van der Waals surface area contributed by atoms with Crippen molar-refractivity contribution >= 4 is 11.0 Å². The summed E-state index contributed by atoms with van der Waals surface area (Å²) < 4.78 is 17.1. The molecule has 4 rings (SSSR count). The summed E-state index contributed by atoms with van der Waals surface area (Å²) in [5.74, 6) is 0.436. The van der Waals surface area contributed by atoms with Crippen LogP contribution in [0.2, 0.25) is 0 Å². The zero-order chi connectivity index (χ0) is 22.1. The maximum absolute atomic E-state index is 10.3. The molecule has 1 aliphatic heterocycles. The molecule has 0 unspecified atom stereocenters. The Morgan fingerprint density at radius 3 is 2.48 bits per heavy atom. The van der Waals surface area contributed by atoms with E-state index in [4.69, 9.17) is 13.9 Å². The van der Waals surface area contributed by atoms with Crippen LogP contribution in [0.5, 0.6) is 5.75 Å². The number of fused-ring (bicyclic) bond motifs is 1. The van der Waals surface area contributed by atoms with Crippen molar-refractivity contribution in [3.63, 3.8) is 0 Å². The van der Waals surface area contributed by atoms with Gasteiger partial charge in [-0.15, -0.1) is 0 Å². The van der Waals surface area contributed by atoms with E-state index in [2.05, 4.69) is 32.0 Å². The Labute approximate surface area is 180 Å². The summed E-state index contributed by atoms with van der Waals surface area (Å²) in [5, 5.41) is 40.5. The smallest absolute Gasteiger partial charge is 0.229 e. The normalized spacial score (nSPS) is 26.3. The lowest BCUT2D eigenvalue weighted by molar-refractivity contribution is -0.277. The SMILES string of the molecule is Cc1ccc(CCc2coc3cccc(O[C@@H]4O[C@H](CO)[C@@H](O)[C@H](O)[C@H]4O)c23)cc1C. The molecule has 0 saturated carbocycles. The first-order valence-electron chi connectivity index (χ1n) is 10.4. The third-order valence-electron chi connectivity index (χ3n) is 5.98. The van der Waals surface area contributed by atoms with Crippen molar-refractivity contribution in [2.45, 2.75) is 57.4 Å². The Kier molecular flexibility index (Phi) is 6.31. The van der Waals surface area contributed by atoms with Crippen molar-refractivity contribution in [1.82, 2.24) is 0 Å². The lowest BCUT2D eigenvalue weighted by Gasteiger charge is -2.39. The first-order chi connectivity index (χ1) is 14.9. The van der Waals surface area contributed by atoms with Crippen LogP contribution in [0.3, 0.4) is 0 Å². The Balaban J connectivity index is 1.57. The third-order valence-corrected chi connectivity index (χ3v) is 5.98. The van der Waals surface area contributed by atoms with Crippen LogP contribution in [0.15, 0.2) is 47.1 Å². The Morgan fingerprint density at radius 1 is 0.935 bits per heavy atom. The molecule has 1 aliphatic rings. The van der Waals surface area contributed by atoms with Gasteiger partial charge < -0.3 is 34.3 Å². The predicted octanol–water partition coefficient (Wildman–Crippen LogP) is 2.01. The van der Waals surface area contributed by atoms with Gasteiger partial charge in [-0.25, -0.2) is 0 Å². The average molecular weight is 428 g/mol. The van der Waals surface area contributed by atoms with Crippen LogP contribution in [0.4, 0.5) is 0 Å². The van der Waals surface area contributed by atoms with Gasteiger partial charge in [-0.05, 0) is 55.5 Å². The quantitative estimate of drug-likeness (QED) is 0.475. The van der Waals surface area contributed by atoms with Crippen LogP contribution < -0.4 is 4.74 Å². The Hall–Kier alpha value is -2.42. The van der Waals surface area contributed by atoms with Gasteiger partial charge in [0.1, 0.15) is 35.7 Å². The molecule has 0 amide bonds. The van der Waals surface area contributed by atoms with E-state index in [9.17, 15) is 20.4 Å². The molecular formula is C24H28O7. The number of benzene rings is 2. The minimum Gasteiger partial charge on any atom is -0.464 e. The van der Waals surface area contributed by atoms with Crippen molar-refractivity contribution in [3.8, 4) is 5.75 Å². The number of furan rings is 1. The molecule has 5 atom stereocenters. The topological polar surface area (TPSA) is 113 Å². The monoisotopic (exact) mass is 428 g/mol. The van der Waals surface area contributed by atoms with E-state index in [-0.39, 0.29) is 0 Å². The van der Waals surface area contributed by atoms with Crippen molar-refractivity contribution in [3.05, 3.63) is 64.9 Å². The van der Waals surface area contributed by atoms with Gasteiger partial charge in [0.25, 0.3) is 0 Å². The summed E-state index contributed by atoms with van der Waals surface area (Å²) in [6.07, 6.45) is -3.43. The summed E-state index contributed by atoms with van der Waals surface area (Å²) in [4.78, 5) is 0. The lowest BCUT2D eigenvalue weighted by atomic mass is 9.99. The molecule has 1 aromatic heterocycles. The second-order valence-corrected chi connectivity index (χ2v) is 8.12. The molecule has 0 radical (unpaired) electrons. The molecule has 1 fully saturated rings. The molecule has 4 N–H and O–H groups in total. The van der Waals surface area contributed by atoms with Gasteiger partial charge in [0, 0.05) is 5.56 Å². The summed E-state index contributed by atoms with van der Waals surface area (Å²) in [6, 6.07) is 11.7. The molecule has 1 saturated heterocycles. The zero-order valence-electron chi connectivity index (χ0n) is 17.6. The second-order valence-electron chi connectivity index (χ2n) is 8.12. The molecule has 166 valence electrons. The van der Waals surface area contributed by atoms with E-state index in [0.29, 0.717) is 11.3 Å². The number of rotatable bonds is 6. The number of aliphatic hydroxyl groups is 4. The van der Waals surface area contributed by atoms with Crippen molar-refractivity contribution in [1.29, 1.82) is 0 Å². The molecule has 0 bridgehead atoms. The van der Waals surface area contributed by atoms with Gasteiger partial charge in [-0.2, -0.15) is 0 Å². The molecule has 7 nitrogen and oxygen atoms in total. The highest BCUT2D eigenvalue weighted by Gasteiger charge is 2.44. The van der Waals surface area contributed by atoms with E-state index < -0.39 is 37.3 Å². The highest BCUT2D eigenvalue weighted by atomic mass is 16.7. The molecule has 0 aliphatic carbocycles. The highest BCUT2D eigenvalue weighted by Crippen LogP contribution is 2.34. The summed E-state index contributed by atoms with van der Waals surface area (Å²) >= 11 is 0. The van der Waals surface area contributed by atoms with Gasteiger partial charge in [0.05, 0.1) is 18.3 Å². The molecule has 7 heteroatoms. The number of ether oxygens (including phenoxy) is 2. The fourth-order valence-corrected chi connectivity index (χ4v) is 3.93. The highest BCUT2D eigenvalue weighted by molar-refractivity contribution is 5.87. The van der Waals surface area contributed by atoms with Gasteiger partial charge in [-0.1, -0.05) is 24.3 Å². The van der Waals surface area contributed by atoms with Gasteiger partial charge >= 0.3 is 0 Å². The molecule has 2 aromatic carbocycles. The van der Waals surface area contributed by atoms with Gasteiger partial charge in [0.15, 0.2) is 0 Å². The van der Waals surface area contributed by atoms with E-state index in [1.165, 1.54) is 16.7 Å². The third kappa shape index (κ3) is 4.33. The number of aryl methyl sites for hydroxylation is 4. The minimum absolute atomic E-state index is 0.436. The van der Waals surface area contributed by atoms with Crippen molar-refractivity contribution in [2.75, 3.05) is 6.61 Å². The lowest BCUT2D eigenvalue weighted by Crippen LogP contribution is -2.60. The number of hydrogen-bond acceptors (Lipinski definition) is 7. The zero-order valence-corrected chi connectivity index (χ0v) is 17.6. The van der Waals surface area contributed by atoms with Crippen molar-refractivity contribution in [2.24, 2.45) is 0 Å². The Bertz CT molecular complexity index is 1040. The summed E-state index contributed by atoms with van der Waals surface area (Å²) in [7, 11) is 0. The Morgan fingerprint density at radius 2 is 1.74 bits per heavy atom. The van der Waals surface area contributed by atoms with E-state index in [1.54, 1.807) is 18.4 Å². The van der Waals surface area contributed by atoms with E-state index in [0.717, 1.165) is 23.8 Å². The maximum atomic E-state index is 10.3. The largest absolute Gasteiger partial charge is 0.464 e. The van der Waals surface area contributed by atoms with Crippen LogP contribution >= 0.6 is 0 Å². The predicted molar refractivity (Wildman–Crippen MR) is 114 cm³/mol. The summed E-state index contributed by atoms with van der Waals surface area (Å²) in [6.45, 7) is 3.67. The first kappa shape index (κ1) is 21.8. The second kappa shape index (κ2) is 8.98. The van der Waals surface area contributed by atoms with Crippen LogP contribution in [0.25, 0.3) is 11.0 Å². The fraction of sp³-hybridized carbons (Fsp3) is 0.417. The van der Waals surface area contributed by atoms with Crippen molar-refractivity contribution < 1.29 is 34.3 Å². The van der Waals surface area contributed by atoms with Gasteiger partial charge in [-0.3, -0.25) is 0 Å². The van der Waals surface area contributed by atoms with Crippen LogP contribution in [-0.4, -0.2) is 57.7 Å². The minimum atomic E-state index is -1.50. The molecule has 31 heavy (non-hydrogen) atoms. The maximum Gasteiger partial charge on any atom is 0.229 e. The molecule has 0 spiro atoms. The molecule has 3 aromatic rings.